The zero-order valence-electron chi connectivity index (χ0n) is 21.4. The summed E-state index contributed by atoms with van der Waals surface area (Å²) < 4.78 is 7.34. The molecule has 0 aliphatic carbocycles. The monoisotopic (exact) mass is 499 g/mol. The quantitative estimate of drug-likeness (QED) is 0.262. The van der Waals surface area contributed by atoms with Gasteiger partial charge in [0.1, 0.15) is 17.9 Å². The van der Waals surface area contributed by atoms with E-state index in [0.717, 1.165) is 22.2 Å². The van der Waals surface area contributed by atoms with Gasteiger partial charge in [0.2, 0.25) is 5.91 Å². The van der Waals surface area contributed by atoms with Crippen molar-refractivity contribution in [1.82, 2.24) is 24.6 Å². The van der Waals surface area contributed by atoms with Crippen molar-refractivity contribution < 1.29 is 14.3 Å². The van der Waals surface area contributed by atoms with Gasteiger partial charge >= 0.3 is 0 Å². The summed E-state index contributed by atoms with van der Waals surface area (Å²) in [6, 6.07) is 11.1. The van der Waals surface area contributed by atoms with Crippen LogP contribution >= 0.6 is 0 Å². The van der Waals surface area contributed by atoms with Crippen LogP contribution in [0, 0.1) is 0 Å². The average molecular weight is 500 g/mol. The molecular formula is C27H29N7O3. The molecule has 190 valence electrons. The number of aryl methyl sites for hydroxylation is 1. The highest BCUT2D eigenvalue weighted by Gasteiger charge is 2.16. The molecule has 1 amide bonds. The van der Waals surface area contributed by atoms with Crippen LogP contribution in [0.1, 0.15) is 17.3 Å². The van der Waals surface area contributed by atoms with Crippen LogP contribution < -0.4 is 15.4 Å². The van der Waals surface area contributed by atoms with Crippen molar-refractivity contribution >= 4 is 39.8 Å². The van der Waals surface area contributed by atoms with Crippen molar-refractivity contribution in [2.75, 3.05) is 38.4 Å². The highest BCUT2D eigenvalue weighted by Crippen LogP contribution is 2.34. The van der Waals surface area contributed by atoms with Crippen molar-refractivity contribution in [2.24, 2.45) is 7.05 Å². The molecule has 10 heteroatoms. The van der Waals surface area contributed by atoms with Crippen LogP contribution in [0.15, 0.2) is 61.1 Å². The van der Waals surface area contributed by atoms with Gasteiger partial charge in [-0.1, -0.05) is 12.1 Å². The fraction of sp³-hybridized carbons (Fsp3) is 0.222. The fourth-order valence-electron chi connectivity index (χ4n) is 3.83. The zero-order chi connectivity index (χ0) is 26.5. The number of likely N-dealkylation sites (N-methyl/N-ethyl adjacent to an activating group) is 1. The van der Waals surface area contributed by atoms with Crippen LogP contribution in [0.2, 0.25) is 0 Å². The number of anilines is 3. The Kier molecular flexibility index (Phi) is 7.59. The summed E-state index contributed by atoms with van der Waals surface area (Å²) in [6.07, 6.45) is 6.47. The second kappa shape index (κ2) is 11.0. The Balaban J connectivity index is 1.64. The molecule has 4 aromatic rings. The summed E-state index contributed by atoms with van der Waals surface area (Å²) >= 11 is 0. The van der Waals surface area contributed by atoms with Gasteiger partial charge in [-0.2, -0.15) is 5.10 Å². The average Bonchev–Trinajstić information content (AvgIpc) is 3.24. The normalized spacial score (nSPS) is 11.3. The second-order valence-electron chi connectivity index (χ2n) is 8.76. The number of amides is 1. The molecule has 0 unspecified atom stereocenters. The summed E-state index contributed by atoms with van der Waals surface area (Å²) in [7, 11) is 7.23. The van der Waals surface area contributed by atoms with Crippen LogP contribution in [0.5, 0.6) is 5.75 Å². The predicted octanol–water partition coefficient (Wildman–Crippen LogP) is 4.04. The highest BCUT2D eigenvalue weighted by atomic mass is 16.5. The van der Waals surface area contributed by atoms with Gasteiger partial charge in [0.25, 0.3) is 0 Å². The Morgan fingerprint density at radius 3 is 2.65 bits per heavy atom. The number of nitrogens with one attached hydrogen (secondary N) is 2. The Morgan fingerprint density at radius 1 is 1.11 bits per heavy atom. The minimum Gasteiger partial charge on any atom is -0.495 e. The third-order valence-corrected chi connectivity index (χ3v) is 5.69. The molecule has 0 fully saturated rings. The van der Waals surface area contributed by atoms with Crippen LogP contribution in [0.4, 0.5) is 17.2 Å². The number of Topliss-reactive ketones (excluding diaryl/α,β-unsaturated/α-hetero) is 1. The van der Waals surface area contributed by atoms with E-state index in [-0.39, 0.29) is 11.7 Å². The minimum absolute atomic E-state index is 0.201. The van der Waals surface area contributed by atoms with Gasteiger partial charge in [-0.05, 0) is 45.3 Å². The van der Waals surface area contributed by atoms with E-state index in [0.29, 0.717) is 35.1 Å². The largest absolute Gasteiger partial charge is 0.495 e. The number of carbonyl (C=O) groups is 2. The molecule has 0 saturated carbocycles. The molecule has 0 radical (unpaired) electrons. The molecule has 2 heterocycles. The highest BCUT2D eigenvalue weighted by molar-refractivity contribution is 6.07. The summed E-state index contributed by atoms with van der Waals surface area (Å²) in [5.41, 5.74) is 3.91. The smallest absolute Gasteiger partial charge is 0.248 e. The molecule has 10 nitrogen and oxygen atoms in total. The number of ether oxygens (including phenoxy) is 1. The first-order valence-corrected chi connectivity index (χ1v) is 11.6. The van der Waals surface area contributed by atoms with E-state index >= 15 is 0 Å². The van der Waals surface area contributed by atoms with E-state index in [9.17, 15) is 9.59 Å². The zero-order valence-corrected chi connectivity index (χ0v) is 21.4. The SMILES string of the molecule is COc1cc(C(C)=O)c(NC(=O)/C=C/CN(C)C)cc1Nc1cc(-c2ccc3c(cnn3C)c2)ncn1. The molecule has 0 saturated heterocycles. The second-order valence-corrected chi connectivity index (χ2v) is 8.76. The molecule has 0 spiro atoms. The molecule has 2 aromatic carbocycles. The predicted molar refractivity (Wildman–Crippen MR) is 144 cm³/mol. The van der Waals surface area contributed by atoms with Gasteiger partial charge in [0, 0.05) is 42.2 Å². The maximum Gasteiger partial charge on any atom is 0.248 e. The number of hydrogen-bond acceptors (Lipinski definition) is 8. The van der Waals surface area contributed by atoms with Gasteiger partial charge in [0.05, 0.1) is 35.9 Å². The molecule has 2 N–H and O–H groups in total. The third-order valence-electron chi connectivity index (χ3n) is 5.69. The van der Waals surface area contributed by atoms with Crippen LogP contribution in [0.3, 0.4) is 0 Å². The van der Waals surface area contributed by atoms with Crippen LogP contribution in [-0.4, -0.2) is 64.1 Å². The Labute approximate surface area is 215 Å². The number of carbonyl (C=O) groups excluding carboxylic acids is 2. The van der Waals surface area contributed by atoms with Crippen molar-refractivity contribution in [3.05, 3.63) is 66.6 Å². The molecule has 0 aliphatic heterocycles. The topological polar surface area (TPSA) is 114 Å². The molecule has 4 rings (SSSR count). The van der Waals surface area contributed by atoms with E-state index in [1.54, 1.807) is 18.2 Å². The summed E-state index contributed by atoms with van der Waals surface area (Å²) in [4.78, 5) is 35.5. The van der Waals surface area contributed by atoms with Crippen molar-refractivity contribution in [3.8, 4) is 17.0 Å². The number of aromatic nitrogens is 4. The maximum absolute atomic E-state index is 12.5. The van der Waals surface area contributed by atoms with Crippen molar-refractivity contribution in [3.63, 3.8) is 0 Å². The lowest BCUT2D eigenvalue weighted by atomic mass is 10.1. The standard InChI is InChI=1S/C27H29N7O3/c1-17(35)20-12-25(37-5)23(13-22(20)32-27(36)7-6-10-33(2)3)31-26-14-21(28-16-29-26)18-8-9-24-19(11-18)15-30-34(24)4/h6-9,11-16H,10H2,1-5H3,(H,32,36)(H,28,29,31)/b7-6+. The lowest BCUT2D eigenvalue weighted by Gasteiger charge is -2.16. The van der Waals surface area contributed by atoms with Crippen molar-refractivity contribution in [1.29, 1.82) is 0 Å². The molecule has 2 aromatic heterocycles. The molecule has 0 bridgehead atoms. The Hall–Kier alpha value is -4.57. The first kappa shape index (κ1) is 25.5. The first-order valence-electron chi connectivity index (χ1n) is 11.6. The number of methoxy groups -OCH3 is 1. The van der Waals surface area contributed by atoms with E-state index < -0.39 is 0 Å². The lowest BCUT2D eigenvalue weighted by molar-refractivity contribution is -0.111. The Morgan fingerprint density at radius 2 is 1.92 bits per heavy atom. The van der Waals surface area contributed by atoms with Gasteiger partial charge in [-0.15, -0.1) is 0 Å². The first-order chi connectivity index (χ1) is 17.7. The number of nitrogens with zero attached hydrogens (tertiary/aromatic N) is 5. The van der Waals surface area contributed by atoms with E-state index in [1.807, 2.05) is 61.2 Å². The maximum atomic E-state index is 12.5. The van der Waals surface area contributed by atoms with Crippen molar-refractivity contribution in [2.45, 2.75) is 6.92 Å². The molecule has 0 atom stereocenters. The Bertz CT molecular complexity index is 1490. The molecule has 37 heavy (non-hydrogen) atoms. The van der Waals surface area contributed by atoms with Crippen LogP contribution in [0.25, 0.3) is 22.2 Å². The molecule has 0 aliphatic rings. The summed E-state index contributed by atoms with van der Waals surface area (Å²) in [5, 5.41) is 11.3. The lowest BCUT2D eigenvalue weighted by Crippen LogP contribution is -2.14. The van der Waals surface area contributed by atoms with Gasteiger partial charge < -0.3 is 20.3 Å². The number of fused-ring (bicyclic) bond motifs is 1. The fourth-order valence-corrected chi connectivity index (χ4v) is 3.83. The van der Waals surface area contributed by atoms with Gasteiger partial charge in [-0.25, -0.2) is 9.97 Å². The van der Waals surface area contributed by atoms with E-state index in [1.165, 1.54) is 26.4 Å². The summed E-state index contributed by atoms with van der Waals surface area (Å²) in [5.74, 6) is 0.416. The van der Waals surface area contributed by atoms with E-state index in [2.05, 4.69) is 25.7 Å². The summed E-state index contributed by atoms with van der Waals surface area (Å²) in [6.45, 7) is 2.06. The molecular weight excluding hydrogens is 470 g/mol. The third kappa shape index (κ3) is 5.99. The number of rotatable bonds is 9. The van der Waals surface area contributed by atoms with Gasteiger partial charge in [0.15, 0.2) is 5.78 Å². The number of benzene rings is 2. The van der Waals surface area contributed by atoms with Crippen LogP contribution in [-0.2, 0) is 11.8 Å². The minimum atomic E-state index is -0.337. The number of hydrogen-bond donors (Lipinski definition) is 2. The van der Waals surface area contributed by atoms with Gasteiger partial charge in [-0.3, -0.25) is 14.3 Å². The van der Waals surface area contributed by atoms with E-state index in [4.69, 9.17) is 4.74 Å². The number of ketones is 1.